The zero-order valence-corrected chi connectivity index (χ0v) is 15.4. The highest BCUT2D eigenvalue weighted by Crippen LogP contribution is 2.54. The third-order valence-corrected chi connectivity index (χ3v) is 6.71. The molecule has 0 aliphatic heterocycles. The maximum Gasteiger partial charge on any atom is 0.334 e. The molecule has 22 heavy (non-hydrogen) atoms. The van der Waals surface area contributed by atoms with Crippen molar-refractivity contribution in [3.63, 3.8) is 0 Å². The quantitative estimate of drug-likeness (QED) is 0.419. The summed E-state index contributed by atoms with van der Waals surface area (Å²) in [6, 6.07) is 8.56. The molecule has 1 rings (SSSR count). The van der Waals surface area contributed by atoms with Crippen molar-refractivity contribution in [2.45, 2.75) is 57.9 Å². The van der Waals surface area contributed by atoms with Gasteiger partial charge in [0, 0.05) is 5.30 Å². The van der Waals surface area contributed by atoms with Crippen LogP contribution in [0.2, 0.25) is 0 Å². The van der Waals surface area contributed by atoms with Gasteiger partial charge in [-0.3, -0.25) is 4.57 Å². The van der Waals surface area contributed by atoms with Crippen molar-refractivity contribution in [2.24, 2.45) is 0 Å². The van der Waals surface area contributed by atoms with Crippen molar-refractivity contribution in [3.05, 3.63) is 30.3 Å². The number of hydrogen-bond donors (Lipinski definition) is 0. The number of benzene rings is 1. The average molecular weight is 347 g/mol. The van der Waals surface area contributed by atoms with Crippen LogP contribution in [-0.4, -0.2) is 22.8 Å². The highest BCUT2D eigenvalue weighted by Gasteiger charge is 2.43. The fourth-order valence-electron chi connectivity index (χ4n) is 1.73. The maximum absolute atomic E-state index is 13.3. The summed E-state index contributed by atoms with van der Waals surface area (Å²) in [5, 5.41) is -0.960. The van der Waals surface area contributed by atoms with Gasteiger partial charge < -0.3 is 9.26 Å². The van der Waals surface area contributed by atoms with Crippen LogP contribution in [0.5, 0.6) is 0 Å². The second-order valence-electron chi connectivity index (χ2n) is 5.96. The zero-order valence-electron chi connectivity index (χ0n) is 13.7. The molecular formula is C16H24ClO4P. The molecule has 0 heterocycles. The molecule has 6 heteroatoms. The molecule has 0 radical (unpaired) electrons. The maximum atomic E-state index is 13.3. The Balaban J connectivity index is 3.12. The summed E-state index contributed by atoms with van der Waals surface area (Å²) >= 11 is 6.22. The zero-order chi connectivity index (χ0) is 17.0. The van der Waals surface area contributed by atoms with E-state index in [0.717, 1.165) is 0 Å². The molecule has 0 saturated carbocycles. The molecule has 2 unspecified atom stereocenters. The van der Waals surface area contributed by atoms with Gasteiger partial charge >= 0.3 is 5.97 Å². The minimum absolute atomic E-state index is 0.334. The number of esters is 1. The molecular weight excluding hydrogens is 323 g/mol. The number of halogens is 1. The van der Waals surface area contributed by atoms with E-state index in [2.05, 4.69) is 0 Å². The van der Waals surface area contributed by atoms with E-state index < -0.39 is 24.1 Å². The lowest BCUT2D eigenvalue weighted by Crippen LogP contribution is -2.33. The van der Waals surface area contributed by atoms with Gasteiger partial charge in [-0.15, -0.1) is 0 Å². The summed E-state index contributed by atoms with van der Waals surface area (Å²) in [4.78, 5) is 12.3. The van der Waals surface area contributed by atoms with Crippen LogP contribution >= 0.6 is 19.0 Å². The van der Waals surface area contributed by atoms with Crippen LogP contribution in [0, 0.1) is 0 Å². The minimum atomic E-state index is -3.58. The summed E-state index contributed by atoms with van der Waals surface area (Å²) in [5.41, 5.74) is -0.663. The van der Waals surface area contributed by atoms with Crippen molar-refractivity contribution in [1.29, 1.82) is 0 Å². The number of carbonyl (C=O) groups is 1. The fourth-order valence-corrected chi connectivity index (χ4v) is 4.28. The van der Waals surface area contributed by atoms with E-state index in [4.69, 9.17) is 20.9 Å². The Morgan fingerprint density at radius 1 is 1.27 bits per heavy atom. The van der Waals surface area contributed by atoms with E-state index in [0.29, 0.717) is 11.7 Å². The molecule has 2 atom stereocenters. The topological polar surface area (TPSA) is 52.6 Å². The van der Waals surface area contributed by atoms with Gasteiger partial charge in [-0.2, -0.15) is 0 Å². The van der Waals surface area contributed by atoms with Gasteiger partial charge in [0.15, 0.2) is 0 Å². The lowest BCUT2D eigenvalue weighted by molar-refractivity contribution is -0.154. The first-order valence-electron chi connectivity index (χ1n) is 7.33. The highest BCUT2D eigenvalue weighted by molar-refractivity contribution is 7.70. The van der Waals surface area contributed by atoms with Gasteiger partial charge in [-0.1, -0.05) is 36.7 Å². The highest BCUT2D eigenvalue weighted by atomic mass is 35.5. The summed E-state index contributed by atoms with van der Waals surface area (Å²) in [5.74, 6) is -0.721. The first-order chi connectivity index (χ1) is 10.1. The number of alkyl halides is 1. The number of carbonyl (C=O) groups excluding carboxylic acids is 1. The van der Waals surface area contributed by atoms with Gasteiger partial charge in [0.1, 0.15) is 5.60 Å². The number of rotatable bonds is 7. The largest absolute Gasteiger partial charge is 0.458 e. The Hall–Kier alpha value is -0.830. The summed E-state index contributed by atoms with van der Waals surface area (Å²) in [6.07, 6.45) is 0.294. The van der Waals surface area contributed by atoms with E-state index in [1.54, 1.807) is 58.0 Å². The predicted octanol–water partition coefficient (Wildman–Crippen LogP) is 4.31. The number of ether oxygens (including phenoxy) is 1. The van der Waals surface area contributed by atoms with Crippen LogP contribution in [0.15, 0.2) is 30.3 Å². The van der Waals surface area contributed by atoms with Crippen molar-refractivity contribution in [3.8, 4) is 0 Å². The molecule has 0 N–H and O–H groups in total. The van der Waals surface area contributed by atoms with Crippen LogP contribution in [-0.2, 0) is 18.6 Å². The first-order valence-corrected chi connectivity index (χ1v) is 9.46. The van der Waals surface area contributed by atoms with Crippen molar-refractivity contribution < 1.29 is 18.6 Å². The minimum Gasteiger partial charge on any atom is -0.458 e. The van der Waals surface area contributed by atoms with Crippen molar-refractivity contribution in [1.82, 2.24) is 0 Å². The molecule has 0 fully saturated rings. The van der Waals surface area contributed by atoms with Crippen LogP contribution in [0.1, 0.15) is 41.0 Å². The molecule has 0 aliphatic carbocycles. The van der Waals surface area contributed by atoms with E-state index in [1.807, 2.05) is 6.92 Å². The van der Waals surface area contributed by atoms with Gasteiger partial charge in [-0.05, 0) is 46.2 Å². The molecule has 124 valence electrons. The Labute approximate surface area is 137 Å². The molecule has 0 amide bonds. The normalized spacial score (nSPS) is 16.1. The van der Waals surface area contributed by atoms with E-state index >= 15 is 0 Å². The molecule has 4 nitrogen and oxygen atoms in total. The van der Waals surface area contributed by atoms with Gasteiger partial charge in [0.2, 0.25) is 5.12 Å². The lowest BCUT2D eigenvalue weighted by Gasteiger charge is -2.28. The lowest BCUT2D eigenvalue weighted by atomic mass is 10.1. The van der Waals surface area contributed by atoms with Crippen LogP contribution < -0.4 is 5.30 Å². The Morgan fingerprint density at radius 2 is 1.82 bits per heavy atom. The summed E-state index contributed by atoms with van der Waals surface area (Å²) in [7, 11) is -3.58. The van der Waals surface area contributed by atoms with Crippen molar-refractivity contribution in [2.75, 3.05) is 0 Å². The monoisotopic (exact) mass is 346 g/mol. The van der Waals surface area contributed by atoms with E-state index in [9.17, 15) is 9.36 Å². The first kappa shape index (κ1) is 19.2. The second kappa shape index (κ2) is 7.63. The summed E-state index contributed by atoms with van der Waals surface area (Å²) < 4.78 is 24.2. The van der Waals surface area contributed by atoms with E-state index in [-0.39, 0.29) is 6.10 Å². The molecule has 0 spiro atoms. The third-order valence-electron chi connectivity index (χ3n) is 3.20. The van der Waals surface area contributed by atoms with Gasteiger partial charge in [0.05, 0.1) is 6.10 Å². The smallest absolute Gasteiger partial charge is 0.334 e. The fraction of sp³-hybridized carbons (Fsp3) is 0.562. The predicted molar refractivity (Wildman–Crippen MR) is 90.0 cm³/mol. The average Bonchev–Trinajstić information content (AvgIpc) is 2.46. The molecule has 1 aromatic rings. The summed E-state index contributed by atoms with van der Waals surface area (Å²) in [6.45, 7) is 8.97. The molecule has 1 aromatic carbocycles. The van der Waals surface area contributed by atoms with Crippen LogP contribution in [0.3, 0.4) is 0 Å². The second-order valence-corrected chi connectivity index (χ2v) is 9.14. The molecule has 0 bridgehead atoms. The van der Waals surface area contributed by atoms with Crippen LogP contribution in [0.25, 0.3) is 0 Å². The Bertz CT molecular complexity index is 542. The third kappa shape index (κ3) is 4.84. The van der Waals surface area contributed by atoms with Gasteiger partial charge in [0.25, 0.3) is 7.37 Å². The Morgan fingerprint density at radius 3 is 2.27 bits per heavy atom. The standard InChI is InChI=1S/C16H24ClO4P/c1-6-16(4,5)20-15(18)14(17)22(19,21-12(2)3)13-10-8-7-9-11-13/h7-12,14H,6H2,1-5H3. The molecule has 0 aromatic heterocycles. The van der Waals surface area contributed by atoms with Crippen molar-refractivity contribution >= 4 is 30.2 Å². The van der Waals surface area contributed by atoms with Crippen LogP contribution in [0.4, 0.5) is 0 Å². The SMILES string of the molecule is CCC(C)(C)OC(=O)C(Cl)P(=O)(OC(C)C)c1ccccc1. The van der Waals surface area contributed by atoms with E-state index in [1.165, 1.54) is 0 Å². The molecule has 0 saturated heterocycles. The van der Waals surface area contributed by atoms with Gasteiger partial charge in [-0.25, -0.2) is 4.79 Å². The number of hydrogen-bond acceptors (Lipinski definition) is 4. The molecule has 0 aliphatic rings. The Kier molecular flexibility index (Phi) is 6.66.